The fourth-order valence-electron chi connectivity index (χ4n) is 1.31. The van der Waals surface area contributed by atoms with E-state index in [1.165, 1.54) is 0 Å². The maximum absolute atomic E-state index is 10.4. The average molecular weight is 470 g/mol. The van der Waals surface area contributed by atoms with E-state index >= 15 is 0 Å². The predicted octanol–water partition coefficient (Wildman–Crippen LogP) is 2.39. The van der Waals surface area contributed by atoms with Gasteiger partial charge < -0.3 is 9.11 Å². The van der Waals surface area contributed by atoms with Crippen LogP contribution in [0.5, 0.6) is 0 Å². The number of aryl methyl sites for hydroxylation is 2. The van der Waals surface area contributed by atoms with Gasteiger partial charge >= 0.3 is 27.3 Å². The number of hydrogen-bond donors (Lipinski definition) is 2. The first kappa shape index (κ1) is 21.7. The second-order valence-corrected chi connectivity index (χ2v) is 6.06. The van der Waals surface area contributed by atoms with Crippen molar-refractivity contribution >= 4 is 49.5 Å². The number of hydrogen-bond acceptors (Lipinski definition) is 2. The van der Waals surface area contributed by atoms with Crippen LogP contribution < -0.4 is 0 Å². The second-order valence-electron chi connectivity index (χ2n) is 4.12. The van der Waals surface area contributed by atoms with Gasteiger partial charge in [0.15, 0.2) is 22.2 Å². The first-order valence-corrected chi connectivity index (χ1v) is 12.5. The molecule has 22 heavy (non-hydrogen) atoms. The molecule has 0 radical (unpaired) electrons. The zero-order valence-electron chi connectivity index (χ0n) is 12.0. The molecular formula is C14H16O4S2Se2. The van der Waals surface area contributed by atoms with E-state index in [1.54, 1.807) is 24.3 Å². The summed E-state index contributed by atoms with van der Waals surface area (Å²) in [6.45, 7) is 3.87. The molecule has 2 aromatic rings. The Morgan fingerprint density at radius 3 is 1.09 bits per heavy atom. The molecule has 0 aliphatic rings. The predicted molar refractivity (Wildman–Crippen MR) is 91.9 cm³/mol. The third kappa shape index (κ3) is 8.98. The Bertz CT molecular complexity index is 560. The molecule has 8 heteroatoms. The number of rotatable bonds is 2. The van der Waals surface area contributed by atoms with Crippen molar-refractivity contribution in [3.8, 4) is 0 Å². The van der Waals surface area contributed by atoms with Crippen molar-refractivity contribution in [2.45, 2.75) is 23.6 Å². The van der Waals surface area contributed by atoms with Crippen molar-refractivity contribution in [1.29, 1.82) is 0 Å². The Morgan fingerprint density at radius 2 is 0.909 bits per heavy atom. The molecule has 2 unspecified atom stereocenters. The molecule has 0 spiro atoms. The van der Waals surface area contributed by atoms with Gasteiger partial charge in [-0.05, 0) is 38.1 Å². The van der Waals surface area contributed by atoms with Crippen LogP contribution in [0, 0.1) is 13.8 Å². The van der Waals surface area contributed by atoms with E-state index in [-0.39, 0.29) is 0 Å². The van der Waals surface area contributed by atoms with E-state index in [1.807, 2.05) is 38.1 Å². The van der Waals surface area contributed by atoms with E-state index in [0.29, 0.717) is 9.79 Å². The summed E-state index contributed by atoms with van der Waals surface area (Å²) in [5.41, 5.74) is 2.18. The van der Waals surface area contributed by atoms with Gasteiger partial charge in [-0.25, -0.2) is 8.42 Å². The van der Waals surface area contributed by atoms with Gasteiger partial charge in [-0.3, -0.25) is 0 Å². The normalized spacial score (nSPS) is 12.0. The molecule has 2 aromatic carbocycles. The van der Waals surface area contributed by atoms with Gasteiger partial charge in [0.2, 0.25) is 0 Å². The molecule has 0 amide bonds. The fourth-order valence-corrected chi connectivity index (χ4v) is 2.05. The fraction of sp³-hybridized carbons (Fsp3) is 0.143. The van der Waals surface area contributed by atoms with E-state index in [0.717, 1.165) is 11.1 Å². The second kappa shape index (κ2) is 12.2. The van der Waals surface area contributed by atoms with Gasteiger partial charge in [0.05, 0.1) is 9.79 Å². The van der Waals surface area contributed by atoms with Crippen molar-refractivity contribution in [2.24, 2.45) is 0 Å². The van der Waals surface area contributed by atoms with Crippen molar-refractivity contribution in [3.05, 3.63) is 59.7 Å². The summed E-state index contributed by atoms with van der Waals surface area (Å²) in [5.74, 6) is 0. The molecule has 0 bridgehead atoms. The van der Waals surface area contributed by atoms with Gasteiger partial charge in [0, 0.05) is 0 Å². The molecule has 4 nitrogen and oxygen atoms in total. The van der Waals surface area contributed by atoms with E-state index < -0.39 is 22.2 Å². The molecule has 0 saturated heterocycles. The summed E-state index contributed by atoms with van der Waals surface area (Å²) in [6, 6.07) is 13.8. The third-order valence-corrected chi connectivity index (χ3v) is 3.80. The third-order valence-electron chi connectivity index (χ3n) is 2.45. The molecule has 0 heterocycles. The standard InChI is InChI=1S/2C7H8O2S.Se2/c2*1-6-2-4-7(5-3-6)10(8)9;1-2/h2*2-5H,1H3,(H,8,9);. The van der Waals surface area contributed by atoms with Gasteiger partial charge in [0.1, 0.15) is 0 Å². The summed E-state index contributed by atoms with van der Waals surface area (Å²) in [5, 5.41) is 0. The Balaban J connectivity index is 0.000000360. The number of benzene rings is 2. The van der Waals surface area contributed by atoms with E-state index in [2.05, 4.69) is 27.3 Å². The van der Waals surface area contributed by atoms with Crippen LogP contribution in [0.1, 0.15) is 11.1 Å². The van der Waals surface area contributed by atoms with Crippen molar-refractivity contribution in [3.63, 3.8) is 0 Å². The zero-order chi connectivity index (χ0) is 17.1. The molecular weight excluding hydrogens is 454 g/mol. The van der Waals surface area contributed by atoms with E-state index in [9.17, 15) is 8.42 Å². The maximum atomic E-state index is 10.4. The summed E-state index contributed by atoms with van der Waals surface area (Å²) >= 11 is 1.33. The quantitative estimate of drug-likeness (QED) is 0.523. The van der Waals surface area contributed by atoms with Crippen molar-refractivity contribution in [2.75, 3.05) is 0 Å². The van der Waals surface area contributed by atoms with Crippen molar-refractivity contribution in [1.82, 2.24) is 0 Å². The monoisotopic (exact) mass is 472 g/mol. The first-order chi connectivity index (χ1) is 10.4. The Hall–Kier alpha value is -0.301. The van der Waals surface area contributed by atoms with E-state index in [4.69, 9.17) is 9.11 Å². The molecule has 0 aliphatic heterocycles. The molecule has 2 atom stereocenters. The topological polar surface area (TPSA) is 74.6 Å². The van der Waals surface area contributed by atoms with Crippen LogP contribution in [0.4, 0.5) is 0 Å². The Morgan fingerprint density at radius 1 is 0.682 bits per heavy atom. The van der Waals surface area contributed by atoms with Crippen molar-refractivity contribution < 1.29 is 17.5 Å². The Labute approximate surface area is 149 Å². The molecule has 0 saturated carbocycles. The van der Waals surface area contributed by atoms with Crippen LogP contribution in [0.15, 0.2) is 58.3 Å². The van der Waals surface area contributed by atoms with Gasteiger partial charge in [-0.15, -0.1) is 0 Å². The molecule has 0 aromatic heterocycles. The van der Waals surface area contributed by atoms with Crippen LogP contribution in [0.3, 0.4) is 0 Å². The Kier molecular flexibility index (Phi) is 12.0. The van der Waals surface area contributed by atoms with Crippen LogP contribution in [-0.4, -0.2) is 44.8 Å². The molecule has 2 rings (SSSR count). The van der Waals surface area contributed by atoms with Crippen LogP contribution in [0.2, 0.25) is 0 Å². The summed E-state index contributed by atoms with van der Waals surface area (Å²) in [6.07, 6.45) is 0. The summed E-state index contributed by atoms with van der Waals surface area (Å²) in [4.78, 5) is 0.899. The average Bonchev–Trinajstić information content (AvgIpc) is 2.51. The molecule has 0 aliphatic carbocycles. The van der Waals surface area contributed by atoms with Crippen LogP contribution in [0.25, 0.3) is 0 Å². The van der Waals surface area contributed by atoms with Crippen LogP contribution in [-0.2, 0) is 22.2 Å². The molecule has 0 fully saturated rings. The molecule has 120 valence electrons. The zero-order valence-corrected chi connectivity index (χ0v) is 17.0. The minimum atomic E-state index is -1.84. The van der Waals surface area contributed by atoms with Gasteiger partial charge in [0.25, 0.3) is 0 Å². The van der Waals surface area contributed by atoms with Gasteiger partial charge in [-0.1, -0.05) is 35.4 Å². The van der Waals surface area contributed by atoms with Gasteiger partial charge in [-0.2, -0.15) is 0 Å². The SMILES string of the molecule is Cc1ccc(S(=O)O)cc1.Cc1ccc(S(=O)O)cc1.[Se]=[Se]. The first-order valence-electron chi connectivity index (χ1n) is 5.92. The van der Waals surface area contributed by atoms with Crippen LogP contribution >= 0.6 is 0 Å². The summed E-state index contributed by atoms with van der Waals surface area (Å²) in [7, 11) is 0. The minimum absolute atomic E-state index is 0.450. The summed E-state index contributed by atoms with van der Waals surface area (Å²) < 4.78 is 38.0. The molecule has 2 N–H and O–H groups in total.